The molecule has 1 aliphatic rings. The van der Waals surface area contributed by atoms with Gasteiger partial charge in [-0.15, -0.1) is 0 Å². The minimum absolute atomic E-state index is 0.0223. The van der Waals surface area contributed by atoms with Gasteiger partial charge >= 0.3 is 0 Å². The molecule has 2 heterocycles. The average Bonchev–Trinajstić information content (AvgIpc) is 2.75. The monoisotopic (exact) mass is 311 g/mol. The van der Waals surface area contributed by atoms with E-state index in [0.29, 0.717) is 23.3 Å². The van der Waals surface area contributed by atoms with Crippen molar-refractivity contribution in [2.75, 3.05) is 13.1 Å². The van der Waals surface area contributed by atoms with Crippen molar-refractivity contribution in [1.29, 1.82) is 0 Å². The second-order valence-corrected chi connectivity index (χ2v) is 5.12. The van der Waals surface area contributed by atoms with Crippen molar-refractivity contribution in [2.24, 2.45) is 0 Å². The molecule has 0 aromatic carbocycles. The molecule has 1 N–H and O–H groups in total. The van der Waals surface area contributed by atoms with Gasteiger partial charge in [-0.2, -0.15) is 0 Å². The lowest BCUT2D eigenvalue weighted by Gasteiger charge is -2.16. The summed E-state index contributed by atoms with van der Waals surface area (Å²) in [5, 5.41) is 2.83. The van der Waals surface area contributed by atoms with Gasteiger partial charge in [0.15, 0.2) is 0 Å². The van der Waals surface area contributed by atoms with Crippen LogP contribution >= 0.6 is 15.9 Å². The number of amides is 2. The fourth-order valence-corrected chi connectivity index (χ4v) is 2.43. The van der Waals surface area contributed by atoms with Gasteiger partial charge in [0.05, 0.1) is 0 Å². The Labute approximate surface area is 114 Å². The molecule has 1 saturated heterocycles. The number of likely N-dealkylation sites (tertiary alicyclic amines) is 1. The summed E-state index contributed by atoms with van der Waals surface area (Å²) >= 11 is 3.24. The summed E-state index contributed by atoms with van der Waals surface area (Å²) in [5.74, 6) is -0.0769. The first-order valence-electron chi connectivity index (χ1n) is 5.74. The molecule has 0 radical (unpaired) electrons. The number of rotatable bonds is 2. The Kier molecular flexibility index (Phi) is 3.96. The second-order valence-electron chi connectivity index (χ2n) is 4.30. The van der Waals surface area contributed by atoms with Crippen molar-refractivity contribution in [2.45, 2.75) is 19.4 Å². The molecule has 0 aliphatic carbocycles. The van der Waals surface area contributed by atoms with Crippen molar-refractivity contribution < 1.29 is 9.59 Å². The van der Waals surface area contributed by atoms with Gasteiger partial charge in [0.25, 0.3) is 5.91 Å². The van der Waals surface area contributed by atoms with Crippen molar-refractivity contribution in [3.63, 3.8) is 0 Å². The summed E-state index contributed by atoms with van der Waals surface area (Å²) in [6.45, 7) is 2.73. The molecule has 5 nitrogen and oxygen atoms in total. The quantitative estimate of drug-likeness (QED) is 0.835. The molecule has 6 heteroatoms. The molecule has 1 atom stereocenters. The molecule has 18 heavy (non-hydrogen) atoms. The fourth-order valence-electron chi connectivity index (χ4n) is 2.07. The molecule has 2 amide bonds. The van der Waals surface area contributed by atoms with Gasteiger partial charge in [-0.05, 0) is 34.5 Å². The van der Waals surface area contributed by atoms with Crippen LogP contribution in [0.2, 0.25) is 0 Å². The molecule has 1 aromatic rings. The zero-order valence-corrected chi connectivity index (χ0v) is 11.6. The van der Waals surface area contributed by atoms with E-state index in [2.05, 4.69) is 26.2 Å². The predicted octanol–water partition coefficient (Wildman–Crippen LogP) is 1.19. The number of nitrogens with one attached hydrogen (secondary N) is 1. The van der Waals surface area contributed by atoms with E-state index in [0.717, 1.165) is 6.42 Å². The Bertz CT molecular complexity index is 478. The molecule has 1 aliphatic heterocycles. The van der Waals surface area contributed by atoms with E-state index < -0.39 is 0 Å². The third-order valence-corrected chi connectivity index (χ3v) is 3.29. The summed E-state index contributed by atoms with van der Waals surface area (Å²) in [6.07, 6.45) is 2.40. The Morgan fingerprint density at radius 1 is 1.56 bits per heavy atom. The van der Waals surface area contributed by atoms with Crippen LogP contribution in [0, 0.1) is 0 Å². The van der Waals surface area contributed by atoms with Crippen LogP contribution < -0.4 is 5.32 Å². The third-order valence-electron chi connectivity index (χ3n) is 2.86. The smallest absolute Gasteiger partial charge is 0.254 e. The lowest BCUT2D eigenvalue weighted by Crippen LogP contribution is -2.37. The van der Waals surface area contributed by atoms with E-state index in [1.807, 2.05) is 0 Å². The maximum absolute atomic E-state index is 12.2. The van der Waals surface area contributed by atoms with Crippen LogP contribution in [0.15, 0.2) is 22.9 Å². The standard InChI is InChI=1S/C12H14BrN3O2/c1-8(17)15-10-3-5-16(7-10)12(18)9-2-4-14-11(13)6-9/h2,4,6,10H,3,5,7H2,1H3,(H,15,17). The average molecular weight is 312 g/mol. The number of hydrogen-bond acceptors (Lipinski definition) is 3. The first kappa shape index (κ1) is 13.0. The van der Waals surface area contributed by atoms with E-state index in [1.165, 1.54) is 6.92 Å². The highest BCUT2D eigenvalue weighted by molar-refractivity contribution is 9.10. The van der Waals surface area contributed by atoms with E-state index in [4.69, 9.17) is 0 Å². The molecule has 1 aromatic heterocycles. The van der Waals surface area contributed by atoms with E-state index in [9.17, 15) is 9.59 Å². The van der Waals surface area contributed by atoms with Crippen LogP contribution in [0.3, 0.4) is 0 Å². The minimum atomic E-state index is -0.0547. The highest BCUT2D eigenvalue weighted by Gasteiger charge is 2.27. The van der Waals surface area contributed by atoms with Crippen LogP contribution in [-0.2, 0) is 4.79 Å². The molecule has 0 bridgehead atoms. The molecule has 0 spiro atoms. The van der Waals surface area contributed by atoms with Crippen LogP contribution in [0.1, 0.15) is 23.7 Å². The predicted molar refractivity (Wildman–Crippen MR) is 70.1 cm³/mol. The zero-order valence-electron chi connectivity index (χ0n) is 10.0. The normalized spacial score (nSPS) is 18.8. The van der Waals surface area contributed by atoms with Crippen LogP contribution in [0.4, 0.5) is 0 Å². The summed E-state index contributed by atoms with van der Waals surface area (Å²) in [7, 11) is 0. The SMILES string of the molecule is CC(=O)NC1CCN(C(=O)c2ccnc(Br)c2)C1. The fraction of sp³-hybridized carbons (Fsp3) is 0.417. The lowest BCUT2D eigenvalue weighted by atomic mass is 10.2. The van der Waals surface area contributed by atoms with Crippen LogP contribution in [-0.4, -0.2) is 40.8 Å². The Morgan fingerprint density at radius 3 is 3.00 bits per heavy atom. The van der Waals surface area contributed by atoms with E-state index in [-0.39, 0.29) is 17.9 Å². The number of aromatic nitrogens is 1. The molecular formula is C12H14BrN3O2. The van der Waals surface area contributed by atoms with Crippen molar-refractivity contribution in [1.82, 2.24) is 15.2 Å². The molecule has 1 unspecified atom stereocenters. The Morgan fingerprint density at radius 2 is 2.33 bits per heavy atom. The van der Waals surface area contributed by atoms with E-state index in [1.54, 1.807) is 23.2 Å². The number of halogens is 1. The molecule has 1 fully saturated rings. The highest BCUT2D eigenvalue weighted by Crippen LogP contribution is 2.15. The number of nitrogens with zero attached hydrogens (tertiary/aromatic N) is 2. The maximum atomic E-state index is 12.2. The van der Waals surface area contributed by atoms with Gasteiger partial charge < -0.3 is 10.2 Å². The van der Waals surface area contributed by atoms with Gasteiger partial charge in [0.1, 0.15) is 4.60 Å². The number of carbonyl (C=O) groups is 2. The third kappa shape index (κ3) is 3.07. The first-order valence-corrected chi connectivity index (χ1v) is 6.53. The zero-order chi connectivity index (χ0) is 13.1. The van der Waals surface area contributed by atoms with Crippen LogP contribution in [0.25, 0.3) is 0 Å². The lowest BCUT2D eigenvalue weighted by molar-refractivity contribution is -0.119. The molecule has 2 rings (SSSR count). The molecule has 96 valence electrons. The van der Waals surface area contributed by atoms with Gasteiger partial charge in [0.2, 0.25) is 5.91 Å². The second kappa shape index (κ2) is 5.48. The van der Waals surface area contributed by atoms with Gasteiger partial charge in [-0.3, -0.25) is 9.59 Å². The highest BCUT2D eigenvalue weighted by atomic mass is 79.9. The molecule has 0 saturated carbocycles. The molecular weight excluding hydrogens is 298 g/mol. The first-order chi connectivity index (χ1) is 8.56. The topological polar surface area (TPSA) is 62.3 Å². The van der Waals surface area contributed by atoms with Gasteiger partial charge in [-0.1, -0.05) is 0 Å². The summed E-state index contributed by atoms with van der Waals surface area (Å²) in [5.41, 5.74) is 0.611. The van der Waals surface area contributed by atoms with Crippen molar-refractivity contribution >= 4 is 27.7 Å². The largest absolute Gasteiger partial charge is 0.352 e. The van der Waals surface area contributed by atoms with Gasteiger partial charge in [0, 0.05) is 37.8 Å². The summed E-state index contributed by atoms with van der Waals surface area (Å²) in [4.78, 5) is 28.9. The van der Waals surface area contributed by atoms with Gasteiger partial charge in [-0.25, -0.2) is 4.98 Å². The minimum Gasteiger partial charge on any atom is -0.352 e. The maximum Gasteiger partial charge on any atom is 0.254 e. The summed E-state index contributed by atoms with van der Waals surface area (Å²) in [6, 6.07) is 3.46. The Hall–Kier alpha value is -1.43. The Balaban J connectivity index is 2.01. The van der Waals surface area contributed by atoms with Crippen LogP contribution in [0.5, 0.6) is 0 Å². The summed E-state index contributed by atoms with van der Waals surface area (Å²) < 4.78 is 0.644. The van der Waals surface area contributed by atoms with Crippen molar-refractivity contribution in [3.05, 3.63) is 28.5 Å². The van der Waals surface area contributed by atoms with E-state index >= 15 is 0 Å². The number of carbonyl (C=O) groups excluding carboxylic acids is 2. The van der Waals surface area contributed by atoms with Crippen molar-refractivity contribution in [3.8, 4) is 0 Å². The number of pyridine rings is 1. The number of hydrogen-bond donors (Lipinski definition) is 1.